The lowest BCUT2D eigenvalue weighted by atomic mass is 10.0. The molecule has 0 aromatic heterocycles. The van der Waals surface area contributed by atoms with Gasteiger partial charge in [-0.15, -0.1) is 0 Å². The van der Waals surface area contributed by atoms with Gasteiger partial charge in [0.2, 0.25) is 0 Å². The summed E-state index contributed by atoms with van der Waals surface area (Å²) in [4.78, 5) is 12.2. The number of hydrogen-bond acceptors (Lipinski definition) is 2. The number of carbonyl (C=O) groups is 1. The van der Waals surface area contributed by atoms with Gasteiger partial charge in [-0.3, -0.25) is 0 Å². The highest BCUT2D eigenvalue weighted by molar-refractivity contribution is 5.89. The van der Waals surface area contributed by atoms with Crippen LogP contribution in [0.25, 0.3) is 0 Å². The molecular weight excluding hydrogens is 404 g/mol. The summed E-state index contributed by atoms with van der Waals surface area (Å²) in [5.74, 6) is -0.264. The minimum absolute atomic E-state index is 0.264. The Morgan fingerprint density at radius 3 is 1.94 bits per heavy atom. The van der Waals surface area contributed by atoms with E-state index in [0.717, 1.165) is 12.0 Å². The van der Waals surface area contributed by atoms with Crippen molar-refractivity contribution in [3.63, 3.8) is 0 Å². The van der Waals surface area contributed by atoms with Gasteiger partial charge in [0, 0.05) is 12.0 Å². The molecule has 0 aliphatic rings. The summed E-state index contributed by atoms with van der Waals surface area (Å²) < 4.78 is 5.18. The molecule has 0 saturated carbocycles. The molecule has 1 aromatic rings. The normalized spacial score (nSPS) is 12.8. The van der Waals surface area contributed by atoms with E-state index in [2.05, 4.69) is 25.2 Å². The van der Waals surface area contributed by atoms with Gasteiger partial charge in [-0.05, 0) is 25.3 Å². The SMILES string of the molecule is CCCCCCCCCC=CC=CC=CC=CC=CC=C(Cc1ccccc1)C(=O)OCC. The quantitative estimate of drug-likeness (QED) is 0.104. The van der Waals surface area contributed by atoms with Gasteiger partial charge in [0.15, 0.2) is 0 Å². The van der Waals surface area contributed by atoms with Crippen LogP contribution in [0.4, 0.5) is 0 Å². The van der Waals surface area contributed by atoms with Crippen molar-refractivity contribution in [3.8, 4) is 0 Å². The summed E-state index contributed by atoms with van der Waals surface area (Å²) in [6, 6.07) is 9.95. The first-order chi connectivity index (χ1) is 16.3. The zero-order chi connectivity index (χ0) is 23.8. The third-order valence-corrected chi connectivity index (χ3v) is 5.07. The number of carbonyl (C=O) groups excluding carboxylic acids is 1. The lowest BCUT2D eigenvalue weighted by Gasteiger charge is -2.06. The summed E-state index contributed by atoms with van der Waals surface area (Å²) in [5.41, 5.74) is 1.74. The largest absolute Gasteiger partial charge is 0.463 e. The molecule has 0 fully saturated rings. The van der Waals surface area contributed by atoms with Gasteiger partial charge >= 0.3 is 5.97 Å². The standard InChI is InChI=1S/C31H42O2/c1-3-5-6-7-8-9-10-11-12-13-14-15-16-17-18-19-20-24-27-30(31(32)33-4-2)28-29-25-22-21-23-26-29/h12-27H,3-11,28H2,1-2H3. The zero-order valence-corrected chi connectivity index (χ0v) is 20.6. The monoisotopic (exact) mass is 446 g/mol. The number of esters is 1. The topological polar surface area (TPSA) is 26.3 Å². The van der Waals surface area contributed by atoms with E-state index < -0.39 is 0 Å². The highest BCUT2D eigenvalue weighted by Gasteiger charge is 2.10. The maximum atomic E-state index is 12.2. The van der Waals surface area contributed by atoms with Crippen LogP contribution in [0.3, 0.4) is 0 Å². The molecule has 0 amide bonds. The fraction of sp³-hybridized carbons (Fsp3) is 0.387. The van der Waals surface area contributed by atoms with Crippen LogP contribution in [0.15, 0.2) is 103 Å². The molecule has 0 radical (unpaired) electrons. The van der Waals surface area contributed by atoms with Gasteiger partial charge in [-0.25, -0.2) is 4.79 Å². The Bertz CT molecular complexity index is 791. The summed E-state index contributed by atoms with van der Waals surface area (Å²) in [6.45, 7) is 4.46. The van der Waals surface area contributed by atoms with Gasteiger partial charge in [-0.1, -0.05) is 143 Å². The molecule has 0 heterocycles. The van der Waals surface area contributed by atoms with Crippen LogP contribution in [0.1, 0.15) is 70.8 Å². The van der Waals surface area contributed by atoms with Gasteiger partial charge in [-0.2, -0.15) is 0 Å². The third-order valence-electron chi connectivity index (χ3n) is 5.07. The van der Waals surface area contributed by atoms with Gasteiger partial charge in [0.25, 0.3) is 0 Å². The van der Waals surface area contributed by atoms with E-state index in [9.17, 15) is 4.79 Å². The summed E-state index contributed by atoms with van der Waals surface area (Å²) >= 11 is 0. The first-order valence-corrected chi connectivity index (χ1v) is 12.5. The highest BCUT2D eigenvalue weighted by Crippen LogP contribution is 2.10. The lowest BCUT2D eigenvalue weighted by Crippen LogP contribution is -2.09. The number of rotatable bonds is 17. The Morgan fingerprint density at radius 1 is 0.727 bits per heavy atom. The Balaban J connectivity index is 2.31. The van der Waals surface area contributed by atoms with Gasteiger partial charge < -0.3 is 4.74 Å². The second kappa shape index (κ2) is 21.0. The molecular formula is C31H42O2. The van der Waals surface area contributed by atoms with E-state index in [4.69, 9.17) is 4.74 Å². The number of hydrogen-bond donors (Lipinski definition) is 0. The van der Waals surface area contributed by atoms with Crippen molar-refractivity contribution in [2.24, 2.45) is 0 Å². The molecule has 178 valence electrons. The van der Waals surface area contributed by atoms with E-state index in [0.29, 0.717) is 18.6 Å². The highest BCUT2D eigenvalue weighted by atomic mass is 16.5. The zero-order valence-electron chi connectivity index (χ0n) is 20.6. The molecule has 0 aliphatic heterocycles. The van der Waals surface area contributed by atoms with Crippen molar-refractivity contribution >= 4 is 5.97 Å². The van der Waals surface area contributed by atoms with E-state index in [1.54, 1.807) is 0 Å². The average molecular weight is 447 g/mol. The smallest absolute Gasteiger partial charge is 0.334 e. The molecule has 1 aromatic carbocycles. The third kappa shape index (κ3) is 16.4. The molecule has 2 nitrogen and oxygen atoms in total. The van der Waals surface area contributed by atoms with Crippen LogP contribution in [-0.2, 0) is 16.0 Å². The Kier molecular flexibility index (Phi) is 17.9. The maximum Gasteiger partial charge on any atom is 0.334 e. The lowest BCUT2D eigenvalue weighted by molar-refractivity contribution is -0.138. The van der Waals surface area contributed by atoms with Crippen molar-refractivity contribution in [1.82, 2.24) is 0 Å². The van der Waals surface area contributed by atoms with Crippen molar-refractivity contribution < 1.29 is 9.53 Å². The predicted octanol–water partition coefficient (Wildman–Crippen LogP) is 8.64. The van der Waals surface area contributed by atoms with Crippen LogP contribution in [0.5, 0.6) is 0 Å². The second-order valence-corrected chi connectivity index (χ2v) is 7.95. The molecule has 0 unspecified atom stereocenters. The predicted molar refractivity (Wildman–Crippen MR) is 143 cm³/mol. The van der Waals surface area contributed by atoms with Crippen LogP contribution in [0.2, 0.25) is 0 Å². The van der Waals surface area contributed by atoms with Crippen LogP contribution in [-0.4, -0.2) is 12.6 Å². The van der Waals surface area contributed by atoms with Crippen molar-refractivity contribution in [2.75, 3.05) is 6.61 Å². The molecule has 0 N–H and O–H groups in total. The minimum atomic E-state index is -0.264. The van der Waals surface area contributed by atoms with Crippen molar-refractivity contribution in [3.05, 3.63) is 108 Å². The second-order valence-electron chi connectivity index (χ2n) is 7.95. The Labute approximate surface area is 202 Å². The Morgan fingerprint density at radius 2 is 1.30 bits per heavy atom. The molecule has 0 aliphatic carbocycles. The number of ether oxygens (including phenoxy) is 1. The first kappa shape index (κ1) is 28.2. The number of unbranched alkanes of at least 4 members (excludes halogenated alkanes) is 7. The summed E-state index contributed by atoms with van der Waals surface area (Å²) in [7, 11) is 0. The molecule has 0 spiro atoms. The molecule has 0 saturated heterocycles. The molecule has 1 rings (SSSR count). The van der Waals surface area contributed by atoms with Crippen LogP contribution < -0.4 is 0 Å². The Hall–Kier alpha value is -2.87. The van der Waals surface area contributed by atoms with Gasteiger partial charge in [0.05, 0.1) is 6.61 Å². The first-order valence-electron chi connectivity index (χ1n) is 12.5. The minimum Gasteiger partial charge on any atom is -0.463 e. The van der Waals surface area contributed by atoms with E-state index in [1.165, 1.54) is 44.9 Å². The van der Waals surface area contributed by atoms with E-state index in [-0.39, 0.29) is 5.97 Å². The average Bonchev–Trinajstić information content (AvgIpc) is 2.83. The van der Waals surface area contributed by atoms with Crippen molar-refractivity contribution in [2.45, 2.75) is 71.6 Å². The maximum absolute atomic E-state index is 12.2. The van der Waals surface area contributed by atoms with E-state index >= 15 is 0 Å². The number of benzene rings is 1. The van der Waals surface area contributed by atoms with Crippen molar-refractivity contribution in [1.29, 1.82) is 0 Å². The molecule has 33 heavy (non-hydrogen) atoms. The number of allylic oxidation sites excluding steroid dienone is 11. The van der Waals surface area contributed by atoms with Crippen LogP contribution in [0, 0.1) is 0 Å². The molecule has 0 bridgehead atoms. The fourth-order valence-corrected chi connectivity index (χ4v) is 3.25. The molecule has 0 atom stereocenters. The fourth-order valence-electron chi connectivity index (χ4n) is 3.25. The van der Waals surface area contributed by atoms with Gasteiger partial charge in [0.1, 0.15) is 0 Å². The van der Waals surface area contributed by atoms with E-state index in [1.807, 2.05) is 85.9 Å². The summed E-state index contributed by atoms with van der Waals surface area (Å²) in [6.07, 6.45) is 33.2. The van der Waals surface area contributed by atoms with Crippen LogP contribution >= 0.6 is 0 Å². The summed E-state index contributed by atoms with van der Waals surface area (Å²) in [5, 5.41) is 0. The molecule has 2 heteroatoms.